The van der Waals surface area contributed by atoms with E-state index in [0.717, 1.165) is 6.07 Å². The number of hydrogen-bond donors (Lipinski definition) is 4. The zero-order chi connectivity index (χ0) is 25.3. The second-order valence-corrected chi connectivity index (χ2v) is 7.77. The molecule has 0 radical (unpaired) electrons. The molecule has 3 aromatic carbocycles. The van der Waals surface area contributed by atoms with Crippen LogP contribution in [0.4, 0.5) is 0 Å². The van der Waals surface area contributed by atoms with E-state index in [4.69, 9.17) is 13.9 Å². The normalized spacial score (nSPS) is 11.8. The van der Waals surface area contributed by atoms with Gasteiger partial charge in [-0.3, -0.25) is 9.59 Å². The molecule has 0 amide bonds. The molecule has 180 valence electrons. The highest BCUT2D eigenvalue weighted by Gasteiger charge is 2.31. The molecular formula is C26H22O9. The molecule has 1 atom stereocenters. The smallest absolute Gasteiger partial charge is 0.306 e. The molecule has 0 fully saturated rings. The van der Waals surface area contributed by atoms with Gasteiger partial charge in [0.15, 0.2) is 28.4 Å². The Balaban J connectivity index is 2.08. The standard InChI is InChI=1S/C26H22O9/c1-33-18-9-8-14(10-16(18)27)15(11-20(29)34-2)21-23(30)25(32)24(31)22-17(28)12-19(35-26(21)22)13-6-4-3-5-7-13/h3-10,12,15,27,30-32H,11H2,1-2H3. The molecule has 1 unspecified atom stereocenters. The summed E-state index contributed by atoms with van der Waals surface area (Å²) in [7, 11) is 2.56. The first-order valence-electron chi connectivity index (χ1n) is 10.5. The summed E-state index contributed by atoms with van der Waals surface area (Å²) in [6.45, 7) is 0. The molecular weight excluding hydrogens is 456 g/mol. The van der Waals surface area contributed by atoms with Crippen LogP contribution >= 0.6 is 0 Å². The molecule has 0 aliphatic carbocycles. The third-order valence-corrected chi connectivity index (χ3v) is 5.74. The zero-order valence-corrected chi connectivity index (χ0v) is 18.8. The summed E-state index contributed by atoms with van der Waals surface area (Å²) in [6.07, 6.45) is -0.353. The Hall–Kier alpha value is -4.66. The van der Waals surface area contributed by atoms with Crippen LogP contribution in [0.1, 0.15) is 23.5 Å². The van der Waals surface area contributed by atoms with Gasteiger partial charge < -0.3 is 34.3 Å². The van der Waals surface area contributed by atoms with Crippen LogP contribution in [0.2, 0.25) is 0 Å². The summed E-state index contributed by atoms with van der Waals surface area (Å²) >= 11 is 0. The monoisotopic (exact) mass is 478 g/mol. The van der Waals surface area contributed by atoms with Crippen LogP contribution in [0.3, 0.4) is 0 Å². The lowest BCUT2D eigenvalue weighted by molar-refractivity contribution is -0.140. The van der Waals surface area contributed by atoms with Crippen molar-refractivity contribution in [3.8, 4) is 40.1 Å². The van der Waals surface area contributed by atoms with Crippen molar-refractivity contribution in [1.82, 2.24) is 0 Å². The van der Waals surface area contributed by atoms with Crippen LogP contribution in [0, 0.1) is 0 Å². The lowest BCUT2D eigenvalue weighted by Crippen LogP contribution is -2.12. The summed E-state index contributed by atoms with van der Waals surface area (Å²) in [4.78, 5) is 25.4. The van der Waals surface area contributed by atoms with E-state index in [1.807, 2.05) is 0 Å². The highest BCUT2D eigenvalue weighted by molar-refractivity contribution is 5.93. The van der Waals surface area contributed by atoms with E-state index in [-0.39, 0.29) is 40.2 Å². The Morgan fingerprint density at radius 3 is 2.29 bits per heavy atom. The molecule has 1 aromatic heterocycles. The Morgan fingerprint density at radius 1 is 0.943 bits per heavy atom. The summed E-state index contributed by atoms with van der Waals surface area (Å²) in [5, 5.41) is 41.8. The summed E-state index contributed by atoms with van der Waals surface area (Å²) < 4.78 is 15.9. The Kier molecular flexibility index (Phi) is 6.24. The van der Waals surface area contributed by atoms with Crippen molar-refractivity contribution < 1.29 is 39.1 Å². The predicted molar refractivity (Wildman–Crippen MR) is 126 cm³/mol. The summed E-state index contributed by atoms with van der Waals surface area (Å²) in [5.74, 6) is -4.24. The number of hydrogen-bond acceptors (Lipinski definition) is 9. The van der Waals surface area contributed by atoms with Gasteiger partial charge in [-0.2, -0.15) is 0 Å². The molecule has 35 heavy (non-hydrogen) atoms. The highest BCUT2D eigenvalue weighted by Crippen LogP contribution is 2.49. The minimum atomic E-state index is -1.05. The average molecular weight is 478 g/mol. The van der Waals surface area contributed by atoms with Crippen LogP contribution in [0.15, 0.2) is 63.8 Å². The van der Waals surface area contributed by atoms with Crippen LogP contribution in [0.5, 0.6) is 28.7 Å². The quantitative estimate of drug-likeness (QED) is 0.239. The number of phenolic OH excluding ortho intramolecular Hbond substituents is 4. The first-order valence-corrected chi connectivity index (χ1v) is 10.5. The summed E-state index contributed by atoms with van der Waals surface area (Å²) in [6, 6.07) is 14.2. The SMILES string of the molecule is COC(=O)CC(c1ccc(OC)c(O)c1)c1c(O)c(O)c(O)c2c(=O)cc(-c3ccccc3)oc12. The van der Waals surface area contributed by atoms with Crippen molar-refractivity contribution in [2.75, 3.05) is 14.2 Å². The fourth-order valence-electron chi connectivity index (χ4n) is 4.00. The first kappa shape index (κ1) is 23.5. The number of phenols is 4. The van der Waals surface area contributed by atoms with E-state index in [0.29, 0.717) is 11.1 Å². The van der Waals surface area contributed by atoms with Crippen LogP contribution in [-0.4, -0.2) is 40.6 Å². The van der Waals surface area contributed by atoms with E-state index >= 15 is 0 Å². The van der Waals surface area contributed by atoms with Gasteiger partial charge in [-0.1, -0.05) is 36.4 Å². The van der Waals surface area contributed by atoms with Crippen molar-refractivity contribution in [1.29, 1.82) is 0 Å². The molecule has 4 aromatic rings. The number of fused-ring (bicyclic) bond motifs is 1. The maximum atomic E-state index is 13.0. The Morgan fingerprint density at radius 2 is 1.66 bits per heavy atom. The second kappa shape index (κ2) is 9.30. The molecule has 9 nitrogen and oxygen atoms in total. The maximum Gasteiger partial charge on any atom is 0.306 e. The van der Waals surface area contributed by atoms with Crippen molar-refractivity contribution in [3.63, 3.8) is 0 Å². The minimum Gasteiger partial charge on any atom is -0.504 e. The van der Waals surface area contributed by atoms with Gasteiger partial charge in [0.1, 0.15) is 16.7 Å². The number of carbonyl (C=O) groups excluding carboxylic acids is 1. The van der Waals surface area contributed by atoms with Crippen molar-refractivity contribution in [3.05, 3.63) is 75.9 Å². The van der Waals surface area contributed by atoms with E-state index in [1.54, 1.807) is 36.4 Å². The van der Waals surface area contributed by atoms with Gasteiger partial charge in [-0.25, -0.2) is 0 Å². The van der Waals surface area contributed by atoms with Gasteiger partial charge in [-0.15, -0.1) is 0 Å². The molecule has 4 rings (SSSR count). The van der Waals surface area contributed by atoms with E-state index in [1.165, 1.54) is 26.4 Å². The number of benzene rings is 3. The predicted octanol–water partition coefficient (Wildman–Crippen LogP) is 3.99. The Bertz CT molecular complexity index is 1470. The fourth-order valence-corrected chi connectivity index (χ4v) is 4.00. The average Bonchev–Trinajstić information content (AvgIpc) is 2.86. The van der Waals surface area contributed by atoms with Crippen LogP contribution in [-0.2, 0) is 9.53 Å². The molecule has 0 aliphatic rings. The van der Waals surface area contributed by atoms with E-state index in [9.17, 15) is 30.0 Å². The van der Waals surface area contributed by atoms with Crippen molar-refractivity contribution in [2.45, 2.75) is 12.3 Å². The largest absolute Gasteiger partial charge is 0.504 e. The molecule has 0 saturated heterocycles. The van der Waals surface area contributed by atoms with Gasteiger partial charge in [0.05, 0.1) is 20.6 Å². The number of aromatic hydroxyl groups is 4. The van der Waals surface area contributed by atoms with Gasteiger partial charge in [0.2, 0.25) is 5.75 Å². The molecule has 0 bridgehead atoms. The van der Waals surface area contributed by atoms with Gasteiger partial charge >= 0.3 is 5.97 Å². The lowest BCUT2D eigenvalue weighted by Gasteiger charge is -2.21. The van der Waals surface area contributed by atoms with Gasteiger partial charge in [-0.05, 0) is 17.7 Å². The van der Waals surface area contributed by atoms with Crippen LogP contribution < -0.4 is 10.2 Å². The Labute approximate surface area is 199 Å². The zero-order valence-electron chi connectivity index (χ0n) is 18.8. The highest BCUT2D eigenvalue weighted by atomic mass is 16.5. The molecule has 0 aliphatic heterocycles. The van der Waals surface area contributed by atoms with E-state index in [2.05, 4.69) is 0 Å². The van der Waals surface area contributed by atoms with Crippen molar-refractivity contribution >= 4 is 16.9 Å². The maximum absolute atomic E-state index is 13.0. The van der Waals surface area contributed by atoms with Gasteiger partial charge in [0, 0.05) is 23.1 Å². The molecule has 0 spiro atoms. The topological polar surface area (TPSA) is 147 Å². The lowest BCUT2D eigenvalue weighted by atomic mass is 9.86. The molecule has 9 heteroatoms. The van der Waals surface area contributed by atoms with Crippen LogP contribution in [0.25, 0.3) is 22.3 Å². The third-order valence-electron chi connectivity index (χ3n) is 5.74. The van der Waals surface area contributed by atoms with Crippen molar-refractivity contribution in [2.24, 2.45) is 0 Å². The summed E-state index contributed by atoms with van der Waals surface area (Å²) in [5.41, 5.74) is -0.165. The second-order valence-electron chi connectivity index (χ2n) is 7.77. The number of carbonyl (C=O) groups is 1. The fraction of sp³-hybridized carbons (Fsp3) is 0.154. The van der Waals surface area contributed by atoms with E-state index < -0.39 is 34.6 Å². The number of methoxy groups -OCH3 is 2. The van der Waals surface area contributed by atoms with Gasteiger partial charge in [0.25, 0.3) is 0 Å². The molecule has 0 saturated carbocycles. The minimum absolute atomic E-state index is 0.139. The number of ether oxygens (including phenoxy) is 2. The molecule has 1 heterocycles. The first-order chi connectivity index (χ1) is 16.8. The third kappa shape index (κ3) is 4.19. The molecule has 4 N–H and O–H groups in total. The number of esters is 1. The number of rotatable bonds is 6.